The Kier molecular flexibility index (Phi) is 6.50. The van der Waals surface area contributed by atoms with Crippen LogP contribution in [0.5, 0.6) is 0 Å². The van der Waals surface area contributed by atoms with E-state index in [0.29, 0.717) is 11.5 Å². The number of esters is 1. The maximum Gasteiger partial charge on any atom is 0.325 e. The monoisotopic (exact) mass is 373 g/mol. The number of carbonyl (C=O) groups excluding carboxylic acids is 1. The topological polar surface area (TPSA) is 52.3 Å². The van der Waals surface area contributed by atoms with Gasteiger partial charge in [-0.25, -0.2) is 8.78 Å². The number of benzene rings is 2. The van der Waals surface area contributed by atoms with Crippen molar-refractivity contribution in [1.29, 1.82) is 0 Å². The van der Waals surface area contributed by atoms with Gasteiger partial charge in [-0.1, -0.05) is 44.2 Å². The summed E-state index contributed by atoms with van der Waals surface area (Å²) in [6.07, 6.45) is 1.83. The van der Waals surface area contributed by atoms with Gasteiger partial charge in [-0.05, 0) is 48.1 Å². The minimum atomic E-state index is -1.26. The second-order valence-corrected chi connectivity index (χ2v) is 7.13. The fraction of sp³-hybridized carbons (Fsp3) is 0.318. The van der Waals surface area contributed by atoms with Crippen molar-refractivity contribution in [3.8, 4) is 0 Å². The largest absolute Gasteiger partial charge is 0.468 e. The summed E-state index contributed by atoms with van der Waals surface area (Å²) >= 11 is 0. The van der Waals surface area contributed by atoms with Crippen molar-refractivity contribution in [3.05, 3.63) is 76.9 Å². The Hall–Kier alpha value is -2.53. The predicted octanol–water partition coefficient (Wildman–Crippen LogP) is 4.80. The molecule has 1 atom stereocenters. The van der Waals surface area contributed by atoms with E-state index in [0.717, 1.165) is 17.2 Å². The summed E-state index contributed by atoms with van der Waals surface area (Å²) < 4.78 is 32.5. The molecule has 0 heterocycles. The molecule has 0 amide bonds. The Labute approximate surface area is 158 Å². The first kappa shape index (κ1) is 20.8. The Morgan fingerprint density at radius 3 is 2.33 bits per heavy atom. The van der Waals surface area contributed by atoms with E-state index in [9.17, 15) is 13.6 Å². The van der Waals surface area contributed by atoms with Crippen LogP contribution >= 0.6 is 0 Å². The molecule has 0 aliphatic heterocycles. The normalized spacial score (nSPS) is 14.1. The highest BCUT2D eigenvalue weighted by atomic mass is 19.1. The van der Waals surface area contributed by atoms with Crippen LogP contribution in [-0.2, 0) is 9.53 Å². The third-order valence-electron chi connectivity index (χ3n) is 4.49. The molecule has 2 aromatic rings. The molecule has 0 saturated carbocycles. The van der Waals surface area contributed by atoms with Gasteiger partial charge in [0, 0.05) is 11.6 Å². The van der Waals surface area contributed by atoms with E-state index >= 15 is 0 Å². The summed E-state index contributed by atoms with van der Waals surface area (Å²) in [4.78, 5) is 11.9. The van der Waals surface area contributed by atoms with Gasteiger partial charge >= 0.3 is 5.97 Å². The zero-order valence-corrected chi connectivity index (χ0v) is 16.1. The van der Waals surface area contributed by atoms with Crippen LogP contribution < -0.4 is 5.73 Å². The molecule has 3 nitrogen and oxygen atoms in total. The van der Waals surface area contributed by atoms with E-state index in [1.165, 1.54) is 19.2 Å². The lowest BCUT2D eigenvalue weighted by atomic mass is 9.90. The van der Waals surface area contributed by atoms with Crippen molar-refractivity contribution < 1.29 is 18.3 Å². The Balaban J connectivity index is 2.51. The number of methoxy groups -OCH3 is 1. The number of nitrogens with two attached hydrogens (primary N) is 1. The van der Waals surface area contributed by atoms with Gasteiger partial charge in [0.2, 0.25) is 0 Å². The van der Waals surface area contributed by atoms with E-state index in [2.05, 4.69) is 13.8 Å². The zero-order chi connectivity index (χ0) is 20.2. The number of ether oxygens (including phenoxy) is 1. The van der Waals surface area contributed by atoms with Gasteiger partial charge in [-0.2, -0.15) is 0 Å². The molecule has 0 saturated heterocycles. The lowest BCUT2D eigenvalue weighted by molar-refractivity contribution is -0.146. The van der Waals surface area contributed by atoms with Crippen LogP contribution in [0.4, 0.5) is 8.78 Å². The average molecular weight is 373 g/mol. The SMILES string of the molecule is COC(=O)C(C)(N)CC=C(c1ccc(C(C)C)cc1)c1ccc(F)cc1F. The number of carbonyl (C=O) groups is 1. The van der Waals surface area contributed by atoms with Gasteiger partial charge in [0.1, 0.15) is 17.2 Å². The summed E-state index contributed by atoms with van der Waals surface area (Å²) in [6, 6.07) is 11.1. The molecular weight excluding hydrogens is 348 g/mol. The van der Waals surface area contributed by atoms with Gasteiger partial charge in [0.25, 0.3) is 0 Å². The molecule has 0 spiro atoms. The number of hydrogen-bond donors (Lipinski definition) is 1. The fourth-order valence-corrected chi connectivity index (χ4v) is 2.77. The zero-order valence-electron chi connectivity index (χ0n) is 16.1. The van der Waals surface area contributed by atoms with Crippen LogP contribution in [0.3, 0.4) is 0 Å². The molecule has 0 bridgehead atoms. The van der Waals surface area contributed by atoms with Crippen LogP contribution in [0.1, 0.15) is 49.8 Å². The Morgan fingerprint density at radius 1 is 1.19 bits per heavy atom. The van der Waals surface area contributed by atoms with Gasteiger partial charge in [-0.3, -0.25) is 4.79 Å². The summed E-state index contributed by atoms with van der Waals surface area (Å²) in [5, 5.41) is 0. The maximum absolute atomic E-state index is 14.4. The first-order valence-corrected chi connectivity index (χ1v) is 8.79. The van der Waals surface area contributed by atoms with Crippen LogP contribution in [0.15, 0.2) is 48.5 Å². The van der Waals surface area contributed by atoms with Crippen LogP contribution in [0.2, 0.25) is 0 Å². The Morgan fingerprint density at radius 2 is 1.81 bits per heavy atom. The standard InChI is InChI=1S/C22H25F2NO2/c1-14(2)15-5-7-16(8-6-15)18(11-12-22(3,25)21(26)27-4)19-10-9-17(23)13-20(19)24/h5-11,13-14H,12,25H2,1-4H3. The van der Waals surface area contributed by atoms with E-state index in [1.807, 2.05) is 24.3 Å². The molecule has 0 radical (unpaired) electrons. The lowest BCUT2D eigenvalue weighted by Gasteiger charge is -2.20. The van der Waals surface area contributed by atoms with Crippen molar-refractivity contribution in [1.82, 2.24) is 0 Å². The molecule has 2 aromatic carbocycles. The first-order valence-electron chi connectivity index (χ1n) is 8.79. The molecule has 2 N–H and O–H groups in total. The highest BCUT2D eigenvalue weighted by Gasteiger charge is 2.28. The number of halogens is 2. The smallest absolute Gasteiger partial charge is 0.325 e. The van der Waals surface area contributed by atoms with E-state index in [1.54, 1.807) is 13.0 Å². The van der Waals surface area contributed by atoms with Crippen molar-refractivity contribution in [2.24, 2.45) is 5.73 Å². The summed E-state index contributed by atoms with van der Waals surface area (Å²) in [6.45, 7) is 5.72. The molecule has 0 fully saturated rings. The van der Waals surface area contributed by atoms with E-state index in [-0.39, 0.29) is 12.0 Å². The van der Waals surface area contributed by atoms with E-state index < -0.39 is 23.1 Å². The minimum absolute atomic E-state index is 0.137. The maximum atomic E-state index is 14.4. The molecule has 1 unspecified atom stereocenters. The number of hydrogen-bond acceptors (Lipinski definition) is 3. The van der Waals surface area contributed by atoms with Gasteiger partial charge in [0.05, 0.1) is 7.11 Å². The van der Waals surface area contributed by atoms with Crippen molar-refractivity contribution in [2.45, 2.75) is 38.6 Å². The van der Waals surface area contributed by atoms with Crippen molar-refractivity contribution in [2.75, 3.05) is 7.11 Å². The first-order chi connectivity index (χ1) is 12.7. The van der Waals surface area contributed by atoms with Gasteiger partial charge in [0.15, 0.2) is 0 Å². The molecule has 0 aromatic heterocycles. The molecular formula is C22H25F2NO2. The molecule has 0 aliphatic carbocycles. The molecule has 27 heavy (non-hydrogen) atoms. The van der Waals surface area contributed by atoms with Gasteiger partial charge < -0.3 is 10.5 Å². The highest BCUT2D eigenvalue weighted by Crippen LogP contribution is 2.29. The van der Waals surface area contributed by atoms with Crippen LogP contribution in [0.25, 0.3) is 5.57 Å². The fourth-order valence-electron chi connectivity index (χ4n) is 2.77. The second-order valence-electron chi connectivity index (χ2n) is 7.13. The van der Waals surface area contributed by atoms with Crippen molar-refractivity contribution >= 4 is 11.5 Å². The minimum Gasteiger partial charge on any atom is -0.468 e. The summed E-state index contributed by atoms with van der Waals surface area (Å²) in [7, 11) is 1.27. The summed E-state index contributed by atoms with van der Waals surface area (Å²) in [5.41, 5.74) is 7.47. The molecule has 0 aliphatic rings. The third kappa shape index (κ3) is 5.01. The molecule has 2 rings (SSSR count). The Bertz CT molecular complexity index is 840. The van der Waals surface area contributed by atoms with Crippen LogP contribution in [-0.4, -0.2) is 18.6 Å². The lowest BCUT2D eigenvalue weighted by Crippen LogP contribution is -2.45. The molecule has 5 heteroatoms. The summed E-state index contributed by atoms with van der Waals surface area (Å²) in [5.74, 6) is -1.52. The number of rotatable bonds is 6. The average Bonchev–Trinajstić information content (AvgIpc) is 2.62. The highest BCUT2D eigenvalue weighted by molar-refractivity contribution is 5.83. The predicted molar refractivity (Wildman–Crippen MR) is 103 cm³/mol. The molecule has 144 valence electrons. The third-order valence-corrected chi connectivity index (χ3v) is 4.49. The quantitative estimate of drug-likeness (QED) is 0.740. The van der Waals surface area contributed by atoms with Gasteiger partial charge in [-0.15, -0.1) is 0 Å². The van der Waals surface area contributed by atoms with Crippen LogP contribution in [0, 0.1) is 11.6 Å². The van der Waals surface area contributed by atoms with Crippen molar-refractivity contribution in [3.63, 3.8) is 0 Å². The van der Waals surface area contributed by atoms with E-state index in [4.69, 9.17) is 10.5 Å². The second kappa shape index (κ2) is 8.44.